The number of carbonyl (C=O) groups is 2. The van der Waals surface area contributed by atoms with Crippen molar-refractivity contribution in [2.24, 2.45) is 11.7 Å². The molecule has 1 aliphatic carbocycles. The zero-order valence-corrected chi connectivity index (χ0v) is 11.3. The fourth-order valence-electron chi connectivity index (χ4n) is 2.06. The van der Waals surface area contributed by atoms with Crippen LogP contribution in [0.5, 0.6) is 0 Å². The molecule has 0 aromatic heterocycles. The van der Waals surface area contributed by atoms with Gasteiger partial charge in [0.25, 0.3) is 0 Å². The van der Waals surface area contributed by atoms with E-state index in [1.807, 2.05) is 0 Å². The predicted molar refractivity (Wildman–Crippen MR) is 68.9 cm³/mol. The second-order valence-electron chi connectivity index (χ2n) is 4.45. The van der Waals surface area contributed by atoms with E-state index in [9.17, 15) is 9.59 Å². The summed E-state index contributed by atoms with van der Waals surface area (Å²) in [4.78, 5) is 24.6. The van der Waals surface area contributed by atoms with Gasteiger partial charge >= 0.3 is 0 Å². The summed E-state index contributed by atoms with van der Waals surface area (Å²) in [5.74, 6) is 0.143. The van der Waals surface area contributed by atoms with E-state index in [1.54, 1.807) is 19.0 Å². The van der Waals surface area contributed by atoms with E-state index in [0.717, 1.165) is 19.3 Å². The summed E-state index contributed by atoms with van der Waals surface area (Å²) >= 11 is 0. The normalized spacial score (nSPS) is 22.8. The van der Waals surface area contributed by atoms with Gasteiger partial charge in [-0.1, -0.05) is 0 Å². The molecule has 0 radical (unpaired) electrons. The molecular weight excluding hydrogens is 242 g/mol. The molecule has 0 heterocycles. The van der Waals surface area contributed by atoms with Crippen LogP contribution in [0.15, 0.2) is 0 Å². The Morgan fingerprint density at radius 1 is 1.41 bits per heavy atom. The monoisotopic (exact) mass is 263 g/mol. The highest BCUT2D eigenvalue weighted by molar-refractivity contribution is 5.85. The van der Waals surface area contributed by atoms with Crippen LogP contribution < -0.4 is 11.1 Å². The van der Waals surface area contributed by atoms with E-state index in [4.69, 9.17) is 5.73 Å². The summed E-state index contributed by atoms with van der Waals surface area (Å²) < 4.78 is 0. The zero-order valence-electron chi connectivity index (χ0n) is 10.4. The number of nitrogens with zero attached hydrogens (tertiary/aromatic N) is 1. The number of hydrogen-bond donors (Lipinski definition) is 2. The van der Waals surface area contributed by atoms with Gasteiger partial charge in [0, 0.05) is 39.0 Å². The molecule has 0 aromatic carbocycles. The largest absolute Gasteiger partial charge is 0.359 e. The predicted octanol–water partition coefficient (Wildman–Crippen LogP) is 0.130. The molecule has 0 aliphatic heterocycles. The summed E-state index contributed by atoms with van der Waals surface area (Å²) in [7, 11) is 3.34. The first-order valence-electron chi connectivity index (χ1n) is 5.75. The highest BCUT2D eigenvalue weighted by Crippen LogP contribution is 2.25. The summed E-state index contributed by atoms with van der Waals surface area (Å²) in [5.41, 5.74) is 5.77. The number of halogens is 1. The Kier molecular flexibility index (Phi) is 7.15. The van der Waals surface area contributed by atoms with Crippen LogP contribution in [0.1, 0.15) is 25.7 Å². The van der Waals surface area contributed by atoms with Crippen LogP contribution in [-0.4, -0.2) is 43.4 Å². The molecule has 0 bridgehead atoms. The van der Waals surface area contributed by atoms with Crippen molar-refractivity contribution in [3.05, 3.63) is 0 Å². The summed E-state index contributed by atoms with van der Waals surface area (Å²) in [5, 5.41) is 2.54. The van der Waals surface area contributed by atoms with Gasteiger partial charge in [-0.15, -0.1) is 12.4 Å². The molecule has 17 heavy (non-hydrogen) atoms. The van der Waals surface area contributed by atoms with E-state index in [2.05, 4.69) is 5.32 Å². The molecule has 2 atom stereocenters. The van der Waals surface area contributed by atoms with E-state index in [-0.39, 0.29) is 36.2 Å². The molecule has 1 fully saturated rings. The van der Waals surface area contributed by atoms with E-state index >= 15 is 0 Å². The maximum atomic E-state index is 11.9. The van der Waals surface area contributed by atoms with Crippen LogP contribution in [0, 0.1) is 5.92 Å². The van der Waals surface area contributed by atoms with E-state index in [0.29, 0.717) is 13.0 Å². The van der Waals surface area contributed by atoms with Crippen LogP contribution >= 0.6 is 12.4 Å². The number of amides is 2. The Labute approximate surface area is 109 Å². The standard InChI is InChI=1S/C11H21N3O2.ClH/c1-13-10(15)5-6-14(2)11(16)8-3-4-9(12)7-8;/h8-9H,3-7,12H2,1-2H3,(H,13,15);1H. The van der Waals surface area contributed by atoms with Crippen LogP contribution in [0.3, 0.4) is 0 Å². The maximum absolute atomic E-state index is 11.9. The van der Waals surface area contributed by atoms with Gasteiger partial charge < -0.3 is 16.0 Å². The van der Waals surface area contributed by atoms with E-state index < -0.39 is 0 Å². The number of carbonyl (C=O) groups excluding carboxylic acids is 2. The highest BCUT2D eigenvalue weighted by atomic mass is 35.5. The van der Waals surface area contributed by atoms with Crippen LogP contribution in [0.2, 0.25) is 0 Å². The molecule has 0 saturated heterocycles. The first-order chi connectivity index (χ1) is 7.54. The van der Waals surface area contributed by atoms with Gasteiger partial charge in [-0.05, 0) is 19.3 Å². The van der Waals surface area contributed by atoms with Crippen molar-refractivity contribution < 1.29 is 9.59 Å². The molecule has 2 amide bonds. The molecule has 5 nitrogen and oxygen atoms in total. The second-order valence-corrected chi connectivity index (χ2v) is 4.45. The van der Waals surface area contributed by atoms with Crippen molar-refractivity contribution in [1.29, 1.82) is 0 Å². The minimum absolute atomic E-state index is 0. The van der Waals surface area contributed by atoms with Crippen molar-refractivity contribution in [3.63, 3.8) is 0 Å². The van der Waals surface area contributed by atoms with Crippen molar-refractivity contribution in [3.8, 4) is 0 Å². The van der Waals surface area contributed by atoms with Gasteiger partial charge in [0.15, 0.2) is 0 Å². The number of nitrogens with two attached hydrogens (primary N) is 1. The minimum atomic E-state index is -0.0391. The Morgan fingerprint density at radius 3 is 2.53 bits per heavy atom. The topological polar surface area (TPSA) is 75.4 Å². The molecule has 6 heteroatoms. The average Bonchev–Trinajstić information content (AvgIpc) is 2.71. The lowest BCUT2D eigenvalue weighted by Crippen LogP contribution is -2.35. The summed E-state index contributed by atoms with van der Waals surface area (Å²) in [6.07, 6.45) is 2.95. The molecule has 100 valence electrons. The quantitative estimate of drug-likeness (QED) is 0.757. The van der Waals surface area contributed by atoms with Crippen LogP contribution in [0.4, 0.5) is 0 Å². The van der Waals surface area contributed by atoms with Gasteiger partial charge in [0.05, 0.1) is 0 Å². The van der Waals surface area contributed by atoms with Crippen molar-refractivity contribution in [2.45, 2.75) is 31.7 Å². The lowest BCUT2D eigenvalue weighted by atomic mass is 10.1. The Bertz CT molecular complexity index is 273. The van der Waals surface area contributed by atoms with Gasteiger partial charge in [-0.2, -0.15) is 0 Å². The third kappa shape index (κ3) is 4.91. The minimum Gasteiger partial charge on any atom is -0.359 e. The van der Waals surface area contributed by atoms with Gasteiger partial charge in [-0.25, -0.2) is 0 Å². The second kappa shape index (κ2) is 7.50. The van der Waals surface area contributed by atoms with Gasteiger partial charge in [0.1, 0.15) is 0 Å². The first kappa shape index (κ1) is 16.2. The molecule has 1 rings (SSSR count). The Morgan fingerprint density at radius 2 is 2.06 bits per heavy atom. The smallest absolute Gasteiger partial charge is 0.225 e. The number of nitrogens with one attached hydrogen (secondary N) is 1. The Balaban J connectivity index is 0.00000256. The van der Waals surface area contributed by atoms with Gasteiger partial charge in [-0.3, -0.25) is 9.59 Å². The van der Waals surface area contributed by atoms with Crippen LogP contribution in [-0.2, 0) is 9.59 Å². The summed E-state index contributed by atoms with van der Waals surface area (Å²) in [6, 6.07) is 0.168. The average molecular weight is 264 g/mol. The first-order valence-corrected chi connectivity index (χ1v) is 5.75. The number of rotatable bonds is 4. The molecule has 0 spiro atoms. The Hall–Kier alpha value is -0.810. The van der Waals surface area contributed by atoms with Crippen molar-refractivity contribution in [2.75, 3.05) is 20.6 Å². The third-order valence-electron chi connectivity index (χ3n) is 3.15. The number of hydrogen-bond acceptors (Lipinski definition) is 3. The van der Waals surface area contributed by atoms with E-state index in [1.165, 1.54) is 0 Å². The van der Waals surface area contributed by atoms with Crippen molar-refractivity contribution >= 4 is 24.2 Å². The lowest BCUT2D eigenvalue weighted by molar-refractivity contribution is -0.134. The molecule has 3 N–H and O–H groups in total. The molecule has 2 unspecified atom stereocenters. The molecular formula is C11H22ClN3O2. The molecule has 0 aromatic rings. The van der Waals surface area contributed by atoms with Crippen LogP contribution in [0.25, 0.3) is 0 Å². The molecule has 1 saturated carbocycles. The highest BCUT2D eigenvalue weighted by Gasteiger charge is 2.29. The molecule has 1 aliphatic rings. The third-order valence-corrected chi connectivity index (χ3v) is 3.15. The summed E-state index contributed by atoms with van der Waals surface area (Å²) in [6.45, 7) is 0.476. The van der Waals surface area contributed by atoms with Crippen molar-refractivity contribution in [1.82, 2.24) is 10.2 Å². The fourth-order valence-corrected chi connectivity index (χ4v) is 2.06. The van der Waals surface area contributed by atoms with Gasteiger partial charge in [0.2, 0.25) is 11.8 Å². The fraction of sp³-hybridized carbons (Fsp3) is 0.818. The lowest BCUT2D eigenvalue weighted by Gasteiger charge is -2.20. The SMILES string of the molecule is CNC(=O)CCN(C)C(=O)C1CCC(N)C1.Cl. The zero-order chi connectivity index (χ0) is 12.1. The maximum Gasteiger partial charge on any atom is 0.225 e.